The van der Waals surface area contributed by atoms with Crippen LogP contribution >= 0.6 is 0 Å². The largest absolute Gasteiger partial charge is 0.369 e. The van der Waals surface area contributed by atoms with Crippen LogP contribution in [0.4, 0.5) is 5.95 Å². The van der Waals surface area contributed by atoms with E-state index in [0.717, 1.165) is 12.8 Å². The van der Waals surface area contributed by atoms with E-state index < -0.39 is 11.2 Å². The van der Waals surface area contributed by atoms with Crippen LogP contribution in [-0.4, -0.2) is 38.1 Å². The lowest BCUT2D eigenvalue weighted by Gasteiger charge is -2.31. The minimum Gasteiger partial charge on any atom is -0.369 e. The first-order chi connectivity index (χ1) is 14.4. The van der Waals surface area contributed by atoms with E-state index in [-0.39, 0.29) is 11.8 Å². The van der Waals surface area contributed by atoms with Crippen molar-refractivity contribution in [3.05, 3.63) is 20.8 Å². The highest BCUT2D eigenvalue weighted by molar-refractivity contribution is 5.77. The fourth-order valence-corrected chi connectivity index (χ4v) is 4.27. The Hall–Kier alpha value is -2.58. The fraction of sp³-hybridized carbons (Fsp3) is 0.714. The summed E-state index contributed by atoms with van der Waals surface area (Å²) >= 11 is 0. The molecule has 3 rings (SSSR count). The van der Waals surface area contributed by atoms with E-state index in [9.17, 15) is 14.4 Å². The molecule has 1 fully saturated rings. The summed E-state index contributed by atoms with van der Waals surface area (Å²) in [5, 5.41) is 0. The van der Waals surface area contributed by atoms with E-state index >= 15 is 0 Å². The Morgan fingerprint density at radius 2 is 1.73 bits per heavy atom. The van der Waals surface area contributed by atoms with E-state index in [1.54, 1.807) is 7.05 Å². The number of nitrogens with zero attached hydrogens (tertiary/aromatic N) is 4. The molecule has 3 N–H and O–H groups in total. The number of rotatable bonds is 10. The zero-order valence-corrected chi connectivity index (χ0v) is 18.2. The molecule has 9 nitrogen and oxygen atoms in total. The third-order valence-corrected chi connectivity index (χ3v) is 6.15. The van der Waals surface area contributed by atoms with Crippen LogP contribution in [0.1, 0.15) is 64.7 Å². The number of imidazole rings is 1. The molecular formula is C21H34N6O3. The predicted molar refractivity (Wildman–Crippen MR) is 118 cm³/mol. The number of H-pyrrole nitrogens is 1. The summed E-state index contributed by atoms with van der Waals surface area (Å²) in [6.07, 6.45) is 9.59. The lowest BCUT2D eigenvalue weighted by Crippen LogP contribution is -2.39. The SMILES string of the molecule is CCCCCCCCCn1c(N2CCC(C(N)=O)CC2)nc2c1c(=O)[nH]c(=O)n2C. The Morgan fingerprint density at radius 3 is 2.37 bits per heavy atom. The molecule has 30 heavy (non-hydrogen) atoms. The van der Waals surface area contributed by atoms with Crippen LogP contribution in [-0.2, 0) is 18.4 Å². The lowest BCUT2D eigenvalue weighted by atomic mass is 9.96. The predicted octanol–water partition coefficient (Wildman–Crippen LogP) is 1.88. The lowest BCUT2D eigenvalue weighted by molar-refractivity contribution is -0.122. The van der Waals surface area contributed by atoms with E-state index in [0.29, 0.717) is 49.6 Å². The highest BCUT2D eigenvalue weighted by Gasteiger charge is 2.27. The van der Waals surface area contributed by atoms with Crippen molar-refractivity contribution in [2.75, 3.05) is 18.0 Å². The molecule has 2 aromatic rings. The summed E-state index contributed by atoms with van der Waals surface area (Å²) in [5.74, 6) is 0.325. The summed E-state index contributed by atoms with van der Waals surface area (Å²) in [5.41, 5.74) is 5.44. The molecule has 3 heterocycles. The van der Waals surface area contributed by atoms with Crippen molar-refractivity contribution >= 4 is 23.0 Å². The maximum Gasteiger partial charge on any atom is 0.329 e. The van der Waals surface area contributed by atoms with Crippen LogP contribution in [0.15, 0.2) is 9.59 Å². The number of fused-ring (bicyclic) bond motifs is 1. The highest BCUT2D eigenvalue weighted by atomic mass is 16.2. The number of amides is 1. The molecule has 1 aliphatic rings. The molecule has 0 spiro atoms. The minimum atomic E-state index is -0.466. The second kappa shape index (κ2) is 9.95. The van der Waals surface area contributed by atoms with Gasteiger partial charge < -0.3 is 15.2 Å². The third kappa shape index (κ3) is 4.76. The van der Waals surface area contributed by atoms with Gasteiger partial charge in [-0.05, 0) is 19.3 Å². The number of anilines is 1. The number of nitrogens with one attached hydrogen (secondary N) is 1. The number of piperidine rings is 1. The molecule has 9 heteroatoms. The van der Waals surface area contributed by atoms with Gasteiger partial charge in [0.25, 0.3) is 5.56 Å². The maximum absolute atomic E-state index is 12.6. The van der Waals surface area contributed by atoms with Gasteiger partial charge in [0.1, 0.15) is 0 Å². The van der Waals surface area contributed by atoms with Gasteiger partial charge in [-0.3, -0.25) is 19.1 Å². The van der Waals surface area contributed by atoms with Crippen molar-refractivity contribution in [3.8, 4) is 0 Å². The van der Waals surface area contributed by atoms with Crippen molar-refractivity contribution in [3.63, 3.8) is 0 Å². The topological polar surface area (TPSA) is 119 Å². The Bertz CT molecular complexity index is 981. The molecule has 0 radical (unpaired) electrons. The van der Waals surface area contributed by atoms with Gasteiger partial charge in [-0.2, -0.15) is 4.98 Å². The van der Waals surface area contributed by atoms with Gasteiger partial charge in [-0.25, -0.2) is 4.79 Å². The summed E-state index contributed by atoms with van der Waals surface area (Å²) in [7, 11) is 1.62. The number of hydrogen-bond acceptors (Lipinski definition) is 5. The molecule has 166 valence electrons. The van der Waals surface area contributed by atoms with Crippen molar-refractivity contribution < 1.29 is 4.79 Å². The molecule has 1 amide bonds. The van der Waals surface area contributed by atoms with Gasteiger partial charge in [0.2, 0.25) is 11.9 Å². The number of unbranched alkanes of at least 4 members (excludes halogenated alkanes) is 6. The van der Waals surface area contributed by atoms with Crippen molar-refractivity contribution in [2.45, 2.75) is 71.3 Å². The Morgan fingerprint density at radius 1 is 1.10 bits per heavy atom. The number of primary amides is 1. The number of nitrogens with two attached hydrogens (primary N) is 1. The zero-order chi connectivity index (χ0) is 21.7. The van der Waals surface area contributed by atoms with Crippen LogP contribution in [0.25, 0.3) is 11.2 Å². The monoisotopic (exact) mass is 418 g/mol. The number of carbonyl (C=O) groups is 1. The minimum absolute atomic E-state index is 0.116. The van der Waals surface area contributed by atoms with Crippen LogP contribution in [0, 0.1) is 5.92 Å². The average molecular weight is 419 g/mol. The Labute approximate surface area is 176 Å². The van der Waals surface area contributed by atoms with Gasteiger partial charge in [0, 0.05) is 32.6 Å². The molecule has 0 saturated carbocycles. The first kappa shape index (κ1) is 22.1. The van der Waals surface area contributed by atoms with Gasteiger partial charge in [-0.15, -0.1) is 0 Å². The number of aromatic amines is 1. The van der Waals surface area contributed by atoms with Crippen molar-refractivity contribution in [1.29, 1.82) is 0 Å². The van der Waals surface area contributed by atoms with E-state index in [1.165, 1.54) is 36.7 Å². The number of aromatic nitrogens is 4. The third-order valence-electron chi connectivity index (χ3n) is 6.15. The standard InChI is InChI=1S/C21H34N6O3/c1-3-4-5-6-7-8-9-12-27-16-18(25(2)21(30)24-19(16)29)23-20(27)26-13-10-15(11-14-26)17(22)28/h15H,3-14H2,1-2H3,(H2,22,28)(H,24,29,30). The van der Waals surface area contributed by atoms with E-state index in [4.69, 9.17) is 5.73 Å². The second-order valence-corrected chi connectivity index (χ2v) is 8.34. The average Bonchev–Trinajstić information content (AvgIpc) is 3.11. The summed E-state index contributed by atoms with van der Waals surface area (Å²) in [6.45, 7) is 4.19. The van der Waals surface area contributed by atoms with Gasteiger partial charge >= 0.3 is 5.69 Å². The van der Waals surface area contributed by atoms with E-state index in [1.807, 2.05) is 4.57 Å². The van der Waals surface area contributed by atoms with Crippen LogP contribution in [0.3, 0.4) is 0 Å². The Kier molecular flexibility index (Phi) is 7.33. The molecule has 1 aliphatic heterocycles. The molecule has 0 bridgehead atoms. The van der Waals surface area contributed by atoms with Crippen molar-refractivity contribution in [2.24, 2.45) is 18.7 Å². The van der Waals surface area contributed by atoms with Gasteiger partial charge in [0.05, 0.1) is 0 Å². The fourth-order valence-electron chi connectivity index (χ4n) is 4.27. The molecule has 2 aromatic heterocycles. The first-order valence-electron chi connectivity index (χ1n) is 11.2. The molecule has 0 atom stereocenters. The molecule has 0 unspecified atom stereocenters. The maximum atomic E-state index is 12.6. The van der Waals surface area contributed by atoms with Crippen LogP contribution in [0.5, 0.6) is 0 Å². The number of hydrogen-bond donors (Lipinski definition) is 2. The second-order valence-electron chi connectivity index (χ2n) is 8.34. The summed E-state index contributed by atoms with van der Waals surface area (Å²) in [6, 6.07) is 0. The first-order valence-corrected chi connectivity index (χ1v) is 11.2. The molecule has 1 saturated heterocycles. The molecule has 0 aliphatic carbocycles. The highest BCUT2D eigenvalue weighted by Crippen LogP contribution is 2.26. The Balaban J connectivity index is 1.82. The number of aryl methyl sites for hydroxylation is 2. The molecular weight excluding hydrogens is 384 g/mol. The van der Waals surface area contributed by atoms with Gasteiger partial charge in [-0.1, -0.05) is 45.4 Å². The smallest absolute Gasteiger partial charge is 0.329 e. The number of carbonyl (C=O) groups excluding carboxylic acids is 1. The summed E-state index contributed by atoms with van der Waals surface area (Å²) in [4.78, 5) is 45.3. The van der Waals surface area contributed by atoms with Crippen LogP contribution in [0.2, 0.25) is 0 Å². The van der Waals surface area contributed by atoms with Gasteiger partial charge in [0.15, 0.2) is 11.2 Å². The zero-order valence-electron chi connectivity index (χ0n) is 18.2. The van der Waals surface area contributed by atoms with Crippen LogP contribution < -0.4 is 21.9 Å². The summed E-state index contributed by atoms with van der Waals surface area (Å²) < 4.78 is 3.34. The normalized spacial score (nSPS) is 15.2. The van der Waals surface area contributed by atoms with E-state index in [2.05, 4.69) is 21.8 Å². The molecule has 0 aromatic carbocycles. The quantitative estimate of drug-likeness (QED) is 0.571. The van der Waals surface area contributed by atoms with Crippen molar-refractivity contribution in [1.82, 2.24) is 19.1 Å².